The fourth-order valence-electron chi connectivity index (χ4n) is 4.96. The summed E-state index contributed by atoms with van der Waals surface area (Å²) in [7, 11) is 0. The lowest BCUT2D eigenvalue weighted by molar-refractivity contribution is 0.177. The first-order valence-electron chi connectivity index (χ1n) is 12.0. The van der Waals surface area contributed by atoms with Crippen LogP contribution in [0.3, 0.4) is 0 Å². The first kappa shape index (κ1) is 21.9. The molecule has 0 N–H and O–H groups in total. The van der Waals surface area contributed by atoms with Gasteiger partial charge < -0.3 is 4.74 Å². The van der Waals surface area contributed by atoms with Gasteiger partial charge in [-0.3, -0.25) is 0 Å². The van der Waals surface area contributed by atoms with Crippen LogP contribution in [0.4, 0.5) is 0 Å². The van der Waals surface area contributed by atoms with Crippen molar-refractivity contribution in [2.75, 3.05) is 6.61 Å². The van der Waals surface area contributed by atoms with Gasteiger partial charge in [0.25, 0.3) is 0 Å². The molecule has 0 aromatic heterocycles. The molecule has 3 rings (SSSR count). The maximum absolute atomic E-state index is 5.77. The van der Waals surface area contributed by atoms with E-state index in [-0.39, 0.29) is 0 Å². The average Bonchev–Trinajstić information content (AvgIpc) is 2.75. The third-order valence-corrected chi connectivity index (χ3v) is 6.86. The Morgan fingerprint density at radius 2 is 1.52 bits per heavy atom. The van der Waals surface area contributed by atoms with Gasteiger partial charge in [-0.15, -0.1) is 0 Å². The molecular formula is C28H40O. The summed E-state index contributed by atoms with van der Waals surface area (Å²) >= 11 is 0. The molecule has 29 heavy (non-hydrogen) atoms. The summed E-state index contributed by atoms with van der Waals surface area (Å²) in [5.41, 5.74) is 4.04. The minimum absolute atomic E-state index is 0.809. The SMILES string of the molecule is CCCCOc1ccc(-c2ccc(CCC3CCC(CCC)CC3C)cc2)cc1. The number of benzene rings is 2. The summed E-state index contributed by atoms with van der Waals surface area (Å²) in [5.74, 6) is 3.79. The highest BCUT2D eigenvalue weighted by atomic mass is 16.5. The predicted molar refractivity (Wildman–Crippen MR) is 126 cm³/mol. The summed E-state index contributed by atoms with van der Waals surface area (Å²) in [6.07, 6.45) is 12.0. The standard InChI is InChI=1S/C28H40O/c1-4-6-20-29-28-18-16-27(17-19-28)26-14-9-23(10-15-26)8-12-25-13-11-24(7-5-2)21-22(25)3/h9-10,14-19,22,24-25H,4-8,11-13,20-21H2,1-3H3. The minimum atomic E-state index is 0.809. The Hall–Kier alpha value is -1.76. The maximum Gasteiger partial charge on any atom is 0.119 e. The third-order valence-electron chi connectivity index (χ3n) is 6.86. The van der Waals surface area contributed by atoms with Gasteiger partial charge in [0.2, 0.25) is 0 Å². The number of aryl methyl sites for hydroxylation is 1. The van der Waals surface area contributed by atoms with E-state index in [9.17, 15) is 0 Å². The van der Waals surface area contributed by atoms with Crippen molar-refractivity contribution >= 4 is 0 Å². The monoisotopic (exact) mass is 392 g/mol. The zero-order chi connectivity index (χ0) is 20.5. The van der Waals surface area contributed by atoms with Crippen LogP contribution in [-0.4, -0.2) is 6.61 Å². The lowest BCUT2D eigenvalue weighted by atomic mass is 9.72. The van der Waals surface area contributed by atoms with E-state index in [1.54, 1.807) is 0 Å². The highest BCUT2D eigenvalue weighted by molar-refractivity contribution is 5.64. The van der Waals surface area contributed by atoms with Crippen LogP contribution in [0.15, 0.2) is 48.5 Å². The van der Waals surface area contributed by atoms with Crippen LogP contribution in [0.1, 0.15) is 77.7 Å². The molecule has 158 valence electrons. The smallest absolute Gasteiger partial charge is 0.119 e. The van der Waals surface area contributed by atoms with Crippen molar-refractivity contribution in [1.82, 2.24) is 0 Å². The summed E-state index contributed by atoms with van der Waals surface area (Å²) in [4.78, 5) is 0. The largest absolute Gasteiger partial charge is 0.494 e. The van der Waals surface area contributed by atoms with Crippen molar-refractivity contribution in [3.63, 3.8) is 0 Å². The lowest BCUT2D eigenvalue weighted by Gasteiger charge is -2.34. The molecule has 3 unspecified atom stereocenters. The van der Waals surface area contributed by atoms with Gasteiger partial charge in [0.15, 0.2) is 0 Å². The average molecular weight is 393 g/mol. The first-order valence-corrected chi connectivity index (χ1v) is 12.0. The van der Waals surface area contributed by atoms with Crippen LogP contribution >= 0.6 is 0 Å². The number of hydrogen-bond donors (Lipinski definition) is 0. The predicted octanol–water partition coefficient (Wildman–Crippen LogP) is 8.32. The van der Waals surface area contributed by atoms with E-state index in [0.29, 0.717) is 0 Å². The highest BCUT2D eigenvalue weighted by Gasteiger charge is 2.26. The van der Waals surface area contributed by atoms with E-state index in [0.717, 1.165) is 36.5 Å². The van der Waals surface area contributed by atoms with E-state index < -0.39 is 0 Å². The molecule has 1 heteroatoms. The Bertz CT molecular complexity index is 700. The Morgan fingerprint density at radius 1 is 0.828 bits per heavy atom. The molecule has 0 aliphatic heterocycles. The van der Waals surface area contributed by atoms with E-state index in [2.05, 4.69) is 69.3 Å². The topological polar surface area (TPSA) is 9.23 Å². The van der Waals surface area contributed by atoms with Crippen molar-refractivity contribution in [2.45, 2.75) is 78.6 Å². The van der Waals surface area contributed by atoms with Crippen molar-refractivity contribution in [1.29, 1.82) is 0 Å². The summed E-state index contributed by atoms with van der Waals surface area (Å²) in [5, 5.41) is 0. The van der Waals surface area contributed by atoms with E-state index >= 15 is 0 Å². The molecule has 0 amide bonds. The molecule has 1 aliphatic rings. The third kappa shape index (κ3) is 6.63. The molecule has 1 saturated carbocycles. The molecular weight excluding hydrogens is 352 g/mol. The number of rotatable bonds is 10. The van der Waals surface area contributed by atoms with Gasteiger partial charge in [-0.25, -0.2) is 0 Å². The molecule has 3 atom stereocenters. The second-order valence-corrected chi connectivity index (χ2v) is 9.17. The van der Waals surface area contributed by atoms with Gasteiger partial charge in [0.05, 0.1) is 6.61 Å². The van der Waals surface area contributed by atoms with Crippen molar-refractivity contribution in [2.24, 2.45) is 17.8 Å². The number of hydrogen-bond acceptors (Lipinski definition) is 1. The highest BCUT2D eigenvalue weighted by Crippen LogP contribution is 2.38. The van der Waals surface area contributed by atoms with Crippen LogP contribution < -0.4 is 4.74 Å². The fraction of sp³-hybridized carbons (Fsp3) is 0.571. The minimum Gasteiger partial charge on any atom is -0.494 e. The van der Waals surface area contributed by atoms with Crippen molar-refractivity contribution in [3.05, 3.63) is 54.1 Å². The van der Waals surface area contributed by atoms with Gasteiger partial charge in [0, 0.05) is 0 Å². The normalized spacial score (nSPS) is 21.8. The Balaban J connectivity index is 1.49. The zero-order valence-corrected chi connectivity index (χ0v) is 18.8. The molecule has 1 aliphatic carbocycles. The number of unbranched alkanes of at least 4 members (excludes halogenated alkanes) is 1. The molecule has 0 saturated heterocycles. The molecule has 1 fully saturated rings. The molecule has 0 bridgehead atoms. The second kappa shape index (κ2) is 11.4. The van der Waals surface area contributed by atoms with Crippen molar-refractivity contribution < 1.29 is 4.74 Å². The zero-order valence-electron chi connectivity index (χ0n) is 18.8. The van der Waals surface area contributed by atoms with Crippen LogP contribution in [0.2, 0.25) is 0 Å². The molecule has 1 nitrogen and oxygen atoms in total. The summed E-state index contributed by atoms with van der Waals surface area (Å²) in [6, 6.07) is 17.8. The molecule has 2 aromatic rings. The van der Waals surface area contributed by atoms with Gasteiger partial charge in [-0.05, 0) is 78.7 Å². The fourth-order valence-corrected chi connectivity index (χ4v) is 4.96. The van der Waals surface area contributed by atoms with E-state index in [1.807, 2.05) is 0 Å². The lowest BCUT2D eigenvalue weighted by Crippen LogP contribution is -2.23. The second-order valence-electron chi connectivity index (χ2n) is 9.17. The molecule has 0 radical (unpaired) electrons. The van der Waals surface area contributed by atoms with Crippen LogP contribution in [-0.2, 0) is 6.42 Å². The van der Waals surface area contributed by atoms with Crippen LogP contribution in [0, 0.1) is 17.8 Å². The van der Waals surface area contributed by atoms with Gasteiger partial charge in [-0.2, -0.15) is 0 Å². The Kier molecular flexibility index (Phi) is 8.65. The quantitative estimate of drug-likeness (QED) is 0.369. The van der Waals surface area contributed by atoms with Crippen LogP contribution in [0.5, 0.6) is 5.75 Å². The van der Waals surface area contributed by atoms with Gasteiger partial charge in [-0.1, -0.05) is 82.9 Å². The Labute approximate surface area is 178 Å². The number of ether oxygens (including phenoxy) is 1. The van der Waals surface area contributed by atoms with E-state index in [1.165, 1.54) is 68.1 Å². The van der Waals surface area contributed by atoms with Gasteiger partial charge >= 0.3 is 0 Å². The molecule has 0 spiro atoms. The first-order chi connectivity index (χ1) is 14.2. The maximum atomic E-state index is 5.77. The van der Waals surface area contributed by atoms with Gasteiger partial charge in [0.1, 0.15) is 5.75 Å². The summed E-state index contributed by atoms with van der Waals surface area (Å²) < 4.78 is 5.77. The Morgan fingerprint density at radius 3 is 2.14 bits per heavy atom. The molecule has 2 aromatic carbocycles. The van der Waals surface area contributed by atoms with Crippen molar-refractivity contribution in [3.8, 4) is 16.9 Å². The van der Waals surface area contributed by atoms with Crippen LogP contribution in [0.25, 0.3) is 11.1 Å². The summed E-state index contributed by atoms with van der Waals surface area (Å²) in [6.45, 7) is 7.82. The van der Waals surface area contributed by atoms with E-state index in [4.69, 9.17) is 4.74 Å². The molecule has 0 heterocycles.